The molecule has 2 heterocycles. The predicted octanol–water partition coefficient (Wildman–Crippen LogP) is 6.13. The van der Waals surface area contributed by atoms with Crippen LogP contribution in [-0.2, 0) is 0 Å². The number of hydrogen-bond acceptors (Lipinski definition) is 4. The molecule has 1 aromatic heterocycles. The van der Waals surface area contributed by atoms with E-state index in [0.717, 1.165) is 60.3 Å². The summed E-state index contributed by atoms with van der Waals surface area (Å²) in [5, 5.41) is 5.20. The van der Waals surface area contributed by atoms with Gasteiger partial charge >= 0.3 is 0 Å². The van der Waals surface area contributed by atoms with Gasteiger partial charge in [0.1, 0.15) is 17.3 Å². The maximum atomic E-state index is 13.6. The molecule has 0 N–H and O–H groups in total. The number of rotatable bonds is 5. The van der Waals surface area contributed by atoms with Crippen molar-refractivity contribution in [3.63, 3.8) is 0 Å². The van der Waals surface area contributed by atoms with Gasteiger partial charge in [0, 0.05) is 23.6 Å². The van der Waals surface area contributed by atoms with E-state index in [1.54, 1.807) is 13.2 Å². The van der Waals surface area contributed by atoms with E-state index >= 15 is 0 Å². The maximum absolute atomic E-state index is 13.6. The van der Waals surface area contributed by atoms with Crippen molar-refractivity contribution in [1.82, 2.24) is 5.16 Å². The average Bonchev–Trinajstić information content (AvgIpc) is 3.14. The lowest BCUT2D eigenvalue weighted by Gasteiger charge is -2.37. The summed E-state index contributed by atoms with van der Waals surface area (Å²) in [6, 6.07) is 10.9. The molecule has 1 unspecified atom stereocenters. The molecule has 146 valence electrons. The second-order valence-electron chi connectivity index (χ2n) is 7.12. The van der Waals surface area contributed by atoms with Crippen LogP contribution in [0.3, 0.4) is 0 Å². The number of nitrogens with zero attached hydrogens (tertiary/aromatic N) is 2. The Morgan fingerprint density at radius 2 is 2.18 bits per heavy atom. The first-order chi connectivity index (χ1) is 13.7. The number of para-hydroxylation sites is 1. The highest BCUT2D eigenvalue weighted by Gasteiger charge is 2.30. The van der Waals surface area contributed by atoms with Gasteiger partial charge in [-0.2, -0.15) is 0 Å². The van der Waals surface area contributed by atoms with Crippen LogP contribution in [0.4, 0.5) is 10.1 Å². The number of benzene rings is 2. The number of fused-ring (bicyclic) bond motifs is 1. The molecule has 0 aliphatic carbocycles. The van der Waals surface area contributed by atoms with E-state index in [-0.39, 0.29) is 11.9 Å². The summed E-state index contributed by atoms with van der Waals surface area (Å²) in [6.45, 7) is 3.03. The number of ether oxygens (including phenoxy) is 1. The minimum Gasteiger partial charge on any atom is -0.494 e. The summed E-state index contributed by atoms with van der Waals surface area (Å²) >= 11 is 0. The van der Waals surface area contributed by atoms with Crippen molar-refractivity contribution in [2.45, 2.75) is 38.6 Å². The van der Waals surface area contributed by atoms with Gasteiger partial charge in [0.25, 0.3) is 0 Å². The molecular weight excluding hydrogens is 355 g/mol. The highest BCUT2D eigenvalue weighted by Crippen LogP contribution is 2.42. The Kier molecular flexibility index (Phi) is 5.33. The molecule has 1 fully saturated rings. The highest BCUT2D eigenvalue weighted by atomic mass is 19.1. The largest absolute Gasteiger partial charge is 0.494 e. The summed E-state index contributed by atoms with van der Waals surface area (Å²) in [5.74, 6) is 0.561. The number of piperidine rings is 1. The second kappa shape index (κ2) is 8.05. The van der Waals surface area contributed by atoms with E-state index in [4.69, 9.17) is 9.26 Å². The number of methoxy groups -OCH3 is 1. The van der Waals surface area contributed by atoms with Crippen LogP contribution in [0.2, 0.25) is 0 Å². The molecule has 3 aromatic rings. The zero-order valence-corrected chi connectivity index (χ0v) is 16.3. The Hall–Kier alpha value is -2.82. The molecule has 4 nitrogen and oxygen atoms in total. The third kappa shape index (κ3) is 3.37. The summed E-state index contributed by atoms with van der Waals surface area (Å²) in [4.78, 5) is 2.35. The molecule has 1 atom stereocenters. The monoisotopic (exact) mass is 380 g/mol. The predicted molar refractivity (Wildman–Crippen MR) is 110 cm³/mol. The van der Waals surface area contributed by atoms with Crippen LogP contribution >= 0.6 is 0 Å². The van der Waals surface area contributed by atoms with Crippen LogP contribution < -0.4 is 9.64 Å². The van der Waals surface area contributed by atoms with E-state index in [2.05, 4.69) is 47.3 Å². The molecule has 0 saturated carbocycles. The number of aromatic nitrogens is 1. The highest BCUT2D eigenvalue weighted by molar-refractivity contribution is 5.81. The van der Waals surface area contributed by atoms with Crippen LogP contribution in [0.5, 0.6) is 5.75 Å². The smallest absolute Gasteiger partial charge is 0.170 e. The fraction of sp³-hybridized carbons (Fsp3) is 0.348. The Bertz CT molecular complexity index is 995. The molecule has 1 aliphatic heterocycles. The van der Waals surface area contributed by atoms with Gasteiger partial charge in [0.15, 0.2) is 5.58 Å². The second-order valence-corrected chi connectivity index (χ2v) is 7.12. The summed E-state index contributed by atoms with van der Waals surface area (Å²) in [5.41, 5.74) is 3.49. The van der Waals surface area contributed by atoms with Gasteiger partial charge in [0.05, 0.1) is 18.8 Å². The molecule has 0 spiro atoms. The summed E-state index contributed by atoms with van der Waals surface area (Å²) in [7, 11) is 1.72. The van der Waals surface area contributed by atoms with Crippen molar-refractivity contribution in [1.29, 1.82) is 0 Å². The van der Waals surface area contributed by atoms with Crippen molar-refractivity contribution in [2.24, 2.45) is 0 Å². The number of halogens is 1. The van der Waals surface area contributed by atoms with Crippen LogP contribution in [-0.4, -0.2) is 18.8 Å². The lowest BCUT2D eigenvalue weighted by molar-refractivity contribution is 0.393. The van der Waals surface area contributed by atoms with Gasteiger partial charge in [-0.05, 0) is 43.9 Å². The van der Waals surface area contributed by atoms with Crippen molar-refractivity contribution >= 4 is 22.7 Å². The minimum absolute atomic E-state index is 0.0692. The molecule has 1 saturated heterocycles. The van der Waals surface area contributed by atoms with Gasteiger partial charge in [-0.25, -0.2) is 4.39 Å². The van der Waals surface area contributed by atoms with Gasteiger partial charge in [-0.3, -0.25) is 0 Å². The van der Waals surface area contributed by atoms with Gasteiger partial charge in [-0.15, -0.1) is 0 Å². The number of allylic oxidation sites excluding steroid dienone is 1. The number of hydrogen-bond donors (Lipinski definition) is 0. The van der Waals surface area contributed by atoms with E-state index in [1.807, 2.05) is 0 Å². The van der Waals surface area contributed by atoms with Crippen LogP contribution in [0, 0.1) is 5.82 Å². The SMILES string of the molecule is CC/C=C/c1cccc(N2CCCCC2c2noc3cc(F)ccc23)c1OC. The Morgan fingerprint density at radius 1 is 1.29 bits per heavy atom. The molecular formula is C23H25FN2O2. The average molecular weight is 380 g/mol. The summed E-state index contributed by atoms with van der Waals surface area (Å²) < 4.78 is 24.8. The first-order valence-corrected chi connectivity index (χ1v) is 9.88. The lowest BCUT2D eigenvalue weighted by atomic mass is 9.96. The first kappa shape index (κ1) is 18.5. The topological polar surface area (TPSA) is 38.5 Å². The minimum atomic E-state index is -0.312. The van der Waals surface area contributed by atoms with E-state index in [1.165, 1.54) is 12.1 Å². The molecule has 2 aromatic carbocycles. The summed E-state index contributed by atoms with van der Waals surface area (Å²) in [6.07, 6.45) is 8.41. The van der Waals surface area contributed by atoms with Crippen LogP contribution in [0.15, 0.2) is 47.0 Å². The standard InChI is InChI=1S/C23H25FN2O2/c1-3-4-8-16-9-7-11-20(23(16)27-2)26-14-6-5-10-19(26)22-18-13-12-17(24)15-21(18)28-25-22/h4,7-9,11-13,15,19H,3,5-6,10,14H2,1-2H3/b8-4+. The van der Waals surface area contributed by atoms with Crippen molar-refractivity contribution in [3.05, 3.63) is 59.5 Å². The fourth-order valence-corrected chi connectivity index (χ4v) is 4.04. The quantitative estimate of drug-likeness (QED) is 0.534. The Morgan fingerprint density at radius 3 is 3.00 bits per heavy atom. The molecule has 28 heavy (non-hydrogen) atoms. The van der Waals surface area contributed by atoms with Crippen molar-refractivity contribution in [3.8, 4) is 5.75 Å². The molecule has 0 bridgehead atoms. The Labute approximate surface area is 164 Å². The Balaban J connectivity index is 1.78. The zero-order chi connectivity index (χ0) is 19.5. The van der Waals surface area contributed by atoms with Crippen LogP contribution in [0.1, 0.15) is 49.9 Å². The zero-order valence-electron chi connectivity index (χ0n) is 16.3. The molecule has 0 amide bonds. The normalized spacial score (nSPS) is 17.5. The third-order valence-corrected chi connectivity index (χ3v) is 5.35. The van der Waals surface area contributed by atoms with Crippen molar-refractivity contribution in [2.75, 3.05) is 18.6 Å². The van der Waals surface area contributed by atoms with Gasteiger partial charge in [-0.1, -0.05) is 36.4 Å². The lowest BCUT2D eigenvalue weighted by Crippen LogP contribution is -2.34. The first-order valence-electron chi connectivity index (χ1n) is 9.88. The van der Waals surface area contributed by atoms with Gasteiger partial charge < -0.3 is 14.2 Å². The molecule has 0 radical (unpaired) electrons. The third-order valence-electron chi connectivity index (χ3n) is 5.35. The fourth-order valence-electron chi connectivity index (χ4n) is 4.04. The molecule has 5 heteroatoms. The van der Waals surface area contributed by atoms with Crippen LogP contribution in [0.25, 0.3) is 17.0 Å². The van der Waals surface area contributed by atoms with E-state index in [9.17, 15) is 4.39 Å². The maximum Gasteiger partial charge on any atom is 0.170 e. The molecule has 1 aliphatic rings. The van der Waals surface area contributed by atoms with Gasteiger partial charge in [0.2, 0.25) is 0 Å². The van der Waals surface area contributed by atoms with E-state index < -0.39 is 0 Å². The number of anilines is 1. The molecule has 4 rings (SSSR count). The van der Waals surface area contributed by atoms with E-state index in [0.29, 0.717) is 5.58 Å². The van der Waals surface area contributed by atoms with Crippen molar-refractivity contribution < 1.29 is 13.7 Å².